The van der Waals surface area contributed by atoms with Crippen molar-refractivity contribution < 1.29 is 13.2 Å². The molecule has 1 amide bonds. The van der Waals surface area contributed by atoms with Gasteiger partial charge in [0, 0.05) is 11.1 Å². The number of rotatable bonds is 3. The smallest absolute Gasteiger partial charge is 0.238 e. The minimum Gasteiger partial charge on any atom is -0.326 e. The van der Waals surface area contributed by atoms with Crippen LogP contribution in [0.3, 0.4) is 0 Å². The molecule has 1 aromatic carbocycles. The van der Waals surface area contributed by atoms with Crippen molar-refractivity contribution in [1.29, 1.82) is 0 Å². The van der Waals surface area contributed by atoms with Crippen molar-refractivity contribution in [3.8, 4) is 0 Å². The van der Waals surface area contributed by atoms with Crippen molar-refractivity contribution in [3.63, 3.8) is 0 Å². The topological polar surface area (TPSA) is 101 Å². The molecule has 4 N–H and O–H groups in total. The van der Waals surface area contributed by atoms with Crippen LogP contribution in [0.4, 0.5) is 5.69 Å². The lowest BCUT2D eigenvalue weighted by Crippen LogP contribution is -2.42. The van der Waals surface area contributed by atoms with Gasteiger partial charge in [-0.1, -0.05) is 6.92 Å². The molecule has 0 saturated carbocycles. The molecule has 1 saturated heterocycles. The molecule has 110 valence electrons. The van der Waals surface area contributed by atoms with Gasteiger partial charge < -0.3 is 10.6 Å². The second-order valence-electron chi connectivity index (χ2n) is 5.33. The minimum atomic E-state index is -3.70. The molecular formula is C13H19N3O3S. The maximum Gasteiger partial charge on any atom is 0.238 e. The first-order valence-corrected chi connectivity index (χ1v) is 8.01. The molecule has 1 fully saturated rings. The Morgan fingerprint density at radius 3 is 2.30 bits per heavy atom. The molecule has 0 atom stereocenters. The SMILES string of the molecule is CC1(C(=O)Nc2ccc(S(N)(=O)=O)cc2)CCNCC1. The van der Waals surface area contributed by atoms with E-state index in [2.05, 4.69) is 10.6 Å². The van der Waals surface area contributed by atoms with E-state index >= 15 is 0 Å². The summed E-state index contributed by atoms with van der Waals surface area (Å²) < 4.78 is 22.3. The summed E-state index contributed by atoms with van der Waals surface area (Å²) in [4.78, 5) is 12.3. The summed E-state index contributed by atoms with van der Waals surface area (Å²) in [5, 5.41) is 11.1. The quantitative estimate of drug-likeness (QED) is 0.763. The van der Waals surface area contributed by atoms with Gasteiger partial charge in [0.15, 0.2) is 0 Å². The highest BCUT2D eigenvalue weighted by atomic mass is 32.2. The average molecular weight is 297 g/mol. The van der Waals surface area contributed by atoms with Crippen LogP contribution in [0.5, 0.6) is 0 Å². The Hall–Kier alpha value is -1.44. The lowest BCUT2D eigenvalue weighted by molar-refractivity contribution is -0.126. The zero-order chi connectivity index (χ0) is 14.8. The van der Waals surface area contributed by atoms with Gasteiger partial charge in [-0.2, -0.15) is 0 Å². The summed E-state index contributed by atoms with van der Waals surface area (Å²) in [6.07, 6.45) is 1.57. The number of hydrogen-bond acceptors (Lipinski definition) is 4. The van der Waals surface area contributed by atoms with E-state index in [0.717, 1.165) is 25.9 Å². The van der Waals surface area contributed by atoms with E-state index in [1.807, 2.05) is 6.92 Å². The molecule has 20 heavy (non-hydrogen) atoms. The Labute approximate surface area is 118 Å². The summed E-state index contributed by atoms with van der Waals surface area (Å²) in [7, 11) is -3.70. The molecule has 0 aliphatic carbocycles. The standard InChI is InChI=1S/C13H19N3O3S/c1-13(6-8-15-9-7-13)12(17)16-10-2-4-11(5-3-10)20(14,18)19/h2-5,15H,6-9H2,1H3,(H,16,17)(H2,14,18,19). The number of primary sulfonamides is 1. The van der Waals surface area contributed by atoms with Crippen LogP contribution < -0.4 is 15.8 Å². The van der Waals surface area contributed by atoms with Crippen LogP contribution in [0, 0.1) is 5.41 Å². The third-order valence-electron chi connectivity index (χ3n) is 3.70. The van der Waals surface area contributed by atoms with E-state index in [4.69, 9.17) is 5.14 Å². The van der Waals surface area contributed by atoms with E-state index in [1.165, 1.54) is 12.1 Å². The molecule has 0 radical (unpaired) electrons. The van der Waals surface area contributed by atoms with Gasteiger partial charge in [-0.25, -0.2) is 13.6 Å². The molecule has 1 aliphatic heterocycles. The summed E-state index contributed by atoms with van der Waals surface area (Å²) in [6, 6.07) is 5.86. The Morgan fingerprint density at radius 2 is 1.80 bits per heavy atom. The fraction of sp³-hybridized carbons (Fsp3) is 0.462. The summed E-state index contributed by atoms with van der Waals surface area (Å²) in [6.45, 7) is 3.60. The van der Waals surface area contributed by atoms with E-state index in [1.54, 1.807) is 12.1 Å². The number of nitrogens with one attached hydrogen (secondary N) is 2. The van der Waals surface area contributed by atoms with Crippen LogP contribution in [0.1, 0.15) is 19.8 Å². The van der Waals surface area contributed by atoms with E-state index in [-0.39, 0.29) is 16.2 Å². The number of hydrogen-bond donors (Lipinski definition) is 3. The molecule has 6 nitrogen and oxygen atoms in total. The van der Waals surface area contributed by atoms with Crippen LogP contribution in [0.25, 0.3) is 0 Å². The normalized spacial score (nSPS) is 18.5. The van der Waals surface area contributed by atoms with Gasteiger partial charge in [-0.15, -0.1) is 0 Å². The Morgan fingerprint density at radius 1 is 1.25 bits per heavy atom. The van der Waals surface area contributed by atoms with E-state index in [0.29, 0.717) is 5.69 Å². The number of sulfonamides is 1. The highest BCUT2D eigenvalue weighted by Gasteiger charge is 2.34. The van der Waals surface area contributed by atoms with Gasteiger partial charge in [0.1, 0.15) is 0 Å². The lowest BCUT2D eigenvalue weighted by atomic mass is 9.80. The summed E-state index contributed by atoms with van der Waals surface area (Å²) in [5.41, 5.74) is 0.186. The summed E-state index contributed by atoms with van der Waals surface area (Å²) >= 11 is 0. The Kier molecular flexibility index (Phi) is 4.12. The minimum absolute atomic E-state index is 0.0311. The number of carbonyl (C=O) groups is 1. The number of amides is 1. The monoisotopic (exact) mass is 297 g/mol. The van der Waals surface area contributed by atoms with Crippen molar-refractivity contribution in [3.05, 3.63) is 24.3 Å². The third kappa shape index (κ3) is 3.36. The average Bonchev–Trinajstić information content (AvgIpc) is 2.39. The van der Waals surface area contributed by atoms with Gasteiger partial charge in [0.25, 0.3) is 0 Å². The Bertz CT molecular complexity index is 590. The molecular weight excluding hydrogens is 278 g/mol. The zero-order valence-electron chi connectivity index (χ0n) is 11.3. The largest absolute Gasteiger partial charge is 0.326 e. The fourth-order valence-electron chi connectivity index (χ4n) is 2.22. The molecule has 0 unspecified atom stereocenters. The fourth-order valence-corrected chi connectivity index (χ4v) is 2.73. The van der Waals surface area contributed by atoms with Crippen LogP contribution in [-0.4, -0.2) is 27.4 Å². The number of anilines is 1. The molecule has 2 rings (SSSR count). The molecule has 0 bridgehead atoms. The van der Waals surface area contributed by atoms with Crippen molar-refractivity contribution in [2.75, 3.05) is 18.4 Å². The molecule has 7 heteroatoms. The van der Waals surface area contributed by atoms with Crippen molar-refractivity contribution in [2.45, 2.75) is 24.7 Å². The van der Waals surface area contributed by atoms with E-state index < -0.39 is 10.0 Å². The van der Waals surface area contributed by atoms with Crippen LogP contribution in [0.2, 0.25) is 0 Å². The molecule has 1 aromatic rings. The highest BCUT2D eigenvalue weighted by Crippen LogP contribution is 2.29. The maximum atomic E-state index is 12.3. The maximum absolute atomic E-state index is 12.3. The molecule has 1 aliphatic rings. The number of nitrogens with two attached hydrogens (primary N) is 1. The van der Waals surface area contributed by atoms with Crippen molar-refractivity contribution in [1.82, 2.24) is 5.32 Å². The lowest BCUT2D eigenvalue weighted by Gasteiger charge is -2.32. The van der Waals surface area contributed by atoms with E-state index in [9.17, 15) is 13.2 Å². The first kappa shape index (κ1) is 15.0. The Balaban J connectivity index is 2.08. The van der Waals surface area contributed by atoms with Gasteiger partial charge in [-0.05, 0) is 50.2 Å². The van der Waals surface area contributed by atoms with Gasteiger partial charge in [0.05, 0.1) is 4.90 Å². The number of piperidine rings is 1. The van der Waals surface area contributed by atoms with Gasteiger partial charge >= 0.3 is 0 Å². The van der Waals surface area contributed by atoms with Crippen LogP contribution in [-0.2, 0) is 14.8 Å². The predicted octanol–water partition coefficient (Wildman–Crippen LogP) is 0.662. The van der Waals surface area contributed by atoms with Gasteiger partial charge in [-0.3, -0.25) is 4.79 Å². The second kappa shape index (κ2) is 5.51. The molecule has 0 aromatic heterocycles. The van der Waals surface area contributed by atoms with Crippen LogP contribution >= 0.6 is 0 Å². The highest BCUT2D eigenvalue weighted by molar-refractivity contribution is 7.89. The predicted molar refractivity (Wildman–Crippen MR) is 76.7 cm³/mol. The number of carbonyl (C=O) groups excluding carboxylic acids is 1. The molecule has 1 heterocycles. The second-order valence-corrected chi connectivity index (χ2v) is 6.90. The number of benzene rings is 1. The zero-order valence-corrected chi connectivity index (χ0v) is 12.2. The van der Waals surface area contributed by atoms with Crippen molar-refractivity contribution in [2.24, 2.45) is 10.6 Å². The first-order chi connectivity index (χ1) is 9.31. The first-order valence-electron chi connectivity index (χ1n) is 6.46. The third-order valence-corrected chi connectivity index (χ3v) is 4.63. The van der Waals surface area contributed by atoms with Gasteiger partial charge in [0.2, 0.25) is 15.9 Å². The van der Waals surface area contributed by atoms with Crippen molar-refractivity contribution >= 4 is 21.6 Å². The summed E-state index contributed by atoms with van der Waals surface area (Å²) in [5.74, 6) is -0.0395. The van der Waals surface area contributed by atoms with Crippen LogP contribution in [0.15, 0.2) is 29.2 Å². The molecule has 0 spiro atoms.